The lowest BCUT2D eigenvalue weighted by molar-refractivity contribution is 0.0986. The maximum Gasteiger partial charge on any atom is 0.442 e. The van der Waals surface area contributed by atoms with Crippen LogP contribution in [0, 0.1) is 0 Å². The van der Waals surface area contributed by atoms with Crippen LogP contribution in [0.25, 0.3) is 33.4 Å². The zero-order valence-corrected chi connectivity index (χ0v) is 21.7. The topological polar surface area (TPSA) is 123 Å². The smallest absolute Gasteiger partial charge is 0.442 e. The van der Waals surface area contributed by atoms with E-state index in [1.807, 2.05) is 36.4 Å². The number of rotatable bonds is 5. The SMILES string of the molecule is CCOC(=O)N=S(C)(=O)c1cccc(-c2cc(N3CCOC[C@H]3C)nc3c(-c4ccn[nH]4)nccc23)c1. The molecule has 4 aromatic rings. The number of nitrogens with zero attached hydrogens (tertiary/aromatic N) is 5. The van der Waals surface area contributed by atoms with Crippen LogP contribution >= 0.6 is 0 Å². The van der Waals surface area contributed by atoms with Gasteiger partial charge in [-0.25, -0.2) is 14.0 Å². The third-order valence-electron chi connectivity index (χ3n) is 6.23. The van der Waals surface area contributed by atoms with E-state index >= 15 is 0 Å². The second-order valence-corrected chi connectivity index (χ2v) is 11.1. The average molecular weight is 521 g/mol. The first kappa shape index (κ1) is 24.8. The van der Waals surface area contributed by atoms with Crippen molar-refractivity contribution in [2.45, 2.75) is 24.8 Å². The predicted molar refractivity (Wildman–Crippen MR) is 142 cm³/mol. The first-order chi connectivity index (χ1) is 17.9. The van der Waals surface area contributed by atoms with Gasteiger partial charge in [-0.1, -0.05) is 12.1 Å². The third kappa shape index (κ3) is 5.05. The van der Waals surface area contributed by atoms with Gasteiger partial charge in [0, 0.05) is 35.5 Å². The Hall–Kier alpha value is -3.83. The van der Waals surface area contributed by atoms with Crippen LogP contribution in [-0.2, 0) is 19.2 Å². The number of hydrogen-bond donors (Lipinski definition) is 1. The molecule has 0 bridgehead atoms. The van der Waals surface area contributed by atoms with Crippen LogP contribution in [0.5, 0.6) is 0 Å². The molecule has 3 aromatic heterocycles. The summed E-state index contributed by atoms with van der Waals surface area (Å²) in [6.45, 7) is 5.88. The van der Waals surface area contributed by atoms with E-state index < -0.39 is 15.8 Å². The van der Waals surface area contributed by atoms with Crippen LogP contribution in [0.2, 0.25) is 0 Å². The molecule has 1 amide bonds. The average Bonchev–Trinajstić information content (AvgIpc) is 3.43. The highest BCUT2D eigenvalue weighted by Gasteiger charge is 2.23. The number of aromatic nitrogens is 4. The van der Waals surface area contributed by atoms with Crippen molar-refractivity contribution in [2.24, 2.45) is 4.36 Å². The summed E-state index contributed by atoms with van der Waals surface area (Å²) in [5.41, 5.74) is 3.89. The third-order valence-corrected chi connectivity index (χ3v) is 7.86. The number of hydrogen-bond acceptors (Lipinski definition) is 8. The molecule has 1 aromatic carbocycles. The number of pyridine rings is 2. The zero-order chi connectivity index (χ0) is 26.0. The van der Waals surface area contributed by atoms with Crippen molar-refractivity contribution in [3.63, 3.8) is 0 Å². The number of morpholine rings is 1. The molecular weight excluding hydrogens is 492 g/mol. The summed E-state index contributed by atoms with van der Waals surface area (Å²) in [7, 11) is -3.02. The molecule has 11 heteroatoms. The van der Waals surface area contributed by atoms with Crippen LogP contribution in [-0.4, -0.2) is 69.1 Å². The molecule has 192 valence electrons. The minimum atomic E-state index is -3.02. The molecule has 1 fully saturated rings. The van der Waals surface area contributed by atoms with Gasteiger partial charge in [0.1, 0.15) is 17.0 Å². The van der Waals surface area contributed by atoms with Gasteiger partial charge in [-0.2, -0.15) is 5.10 Å². The second-order valence-electron chi connectivity index (χ2n) is 8.79. The van der Waals surface area contributed by atoms with Gasteiger partial charge >= 0.3 is 6.09 Å². The highest BCUT2D eigenvalue weighted by atomic mass is 32.2. The summed E-state index contributed by atoms with van der Waals surface area (Å²) >= 11 is 0. The van der Waals surface area contributed by atoms with E-state index in [-0.39, 0.29) is 12.6 Å². The molecule has 1 unspecified atom stereocenters. The van der Waals surface area contributed by atoms with Gasteiger partial charge in [0.25, 0.3) is 0 Å². The Bertz CT molecular complexity index is 1560. The molecule has 1 aliphatic heterocycles. The number of benzene rings is 1. The first-order valence-electron chi connectivity index (χ1n) is 12.0. The molecule has 1 N–H and O–H groups in total. The Kier molecular flexibility index (Phi) is 6.90. The summed E-state index contributed by atoms with van der Waals surface area (Å²) in [4.78, 5) is 24.3. The largest absolute Gasteiger partial charge is 0.448 e. The highest BCUT2D eigenvalue weighted by molar-refractivity contribution is 7.93. The maximum absolute atomic E-state index is 13.4. The minimum Gasteiger partial charge on any atom is -0.448 e. The molecule has 10 nitrogen and oxygen atoms in total. The predicted octanol–water partition coefficient (Wildman–Crippen LogP) is 4.53. The lowest BCUT2D eigenvalue weighted by Gasteiger charge is -2.34. The Morgan fingerprint density at radius 1 is 1.27 bits per heavy atom. The van der Waals surface area contributed by atoms with E-state index in [0.29, 0.717) is 30.3 Å². The van der Waals surface area contributed by atoms with Crippen molar-refractivity contribution in [3.8, 4) is 22.5 Å². The number of carbonyl (C=O) groups is 1. The molecular formula is C26H28N6O4S. The number of fused-ring (bicyclic) bond motifs is 1. The van der Waals surface area contributed by atoms with Crippen molar-refractivity contribution in [2.75, 3.05) is 37.5 Å². The molecule has 0 aliphatic carbocycles. The highest BCUT2D eigenvalue weighted by Crippen LogP contribution is 2.36. The number of ether oxygens (including phenoxy) is 2. The van der Waals surface area contributed by atoms with Gasteiger partial charge in [0.05, 0.1) is 41.3 Å². The van der Waals surface area contributed by atoms with E-state index in [0.717, 1.165) is 33.5 Å². The van der Waals surface area contributed by atoms with E-state index in [2.05, 4.69) is 31.4 Å². The molecule has 5 rings (SSSR count). The summed E-state index contributed by atoms with van der Waals surface area (Å²) in [5, 5.41) is 7.96. The summed E-state index contributed by atoms with van der Waals surface area (Å²) in [6.07, 6.45) is 4.02. The fourth-order valence-electron chi connectivity index (χ4n) is 4.42. The van der Waals surface area contributed by atoms with Gasteiger partial charge < -0.3 is 14.4 Å². The number of aromatic amines is 1. The summed E-state index contributed by atoms with van der Waals surface area (Å²) in [6, 6.07) is 13.2. The van der Waals surface area contributed by atoms with Crippen LogP contribution in [0.15, 0.2) is 64.1 Å². The number of carbonyl (C=O) groups excluding carboxylic acids is 1. The fourth-order valence-corrected chi connectivity index (χ4v) is 5.54. The monoisotopic (exact) mass is 520 g/mol. The molecule has 1 aliphatic rings. The molecule has 0 radical (unpaired) electrons. The van der Waals surface area contributed by atoms with Gasteiger partial charge in [-0.05, 0) is 55.3 Å². The van der Waals surface area contributed by atoms with Crippen LogP contribution < -0.4 is 4.90 Å². The second kappa shape index (κ2) is 10.3. The number of anilines is 1. The summed E-state index contributed by atoms with van der Waals surface area (Å²) in [5.74, 6) is 0.797. The first-order valence-corrected chi connectivity index (χ1v) is 13.9. The number of amides is 1. The molecule has 4 heterocycles. The molecule has 2 atom stereocenters. The van der Waals surface area contributed by atoms with Crippen molar-refractivity contribution in [3.05, 3.63) is 54.9 Å². The lowest BCUT2D eigenvalue weighted by Crippen LogP contribution is -2.44. The maximum atomic E-state index is 13.4. The Labute approximate surface area is 215 Å². The van der Waals surface area contributed by atoms with E-state index in [9.17, 15) is 9.00 Å². The zero-order valence-electron chi connectivity index (χ0n) is 20.9. The van der Waals surface area contributed by atoms with Crippen molar-refractivity contribution >= 4 is 32.5 Å². The van der Waals surface area contributed by atoms with E-state index in [1.165, 1.54) is 6.26 Å². The van der Waals surface area contributed by atoms with Crippen LogP contribution in [0.1, 0.15) is 13.8 Å². The van der Waals surface area contributed by atoms with Gasteiger partial charge in [-0.15, -0.1) is 4.36 Å². The van der Waals surface area contributed by atoms with Gasteiger partial charge in [-0.3, -0.25) is 10.1 Å². The van der Waals surface area contributed by atoms with Gasteiger partial charge in [0.15, 0.2) is 0 Å². The summed E-state index contributed by atoms with van der Waals surface area (Å²) < 4.78 is 27.7. The molecule has 0 spiro atoms. The minimum absolute atomic E-state index is 0.142. The standard InChI is InChI=1S/C26H28N6O4S/c1-4-36-26(33)31-37(3,34)19-7-5-6-18(14-19)21-15-23(32-12-13-35-16-17(32)2)29-24-20(21)8-10-27-25(24)22-9-11-28-30-22/h5-11,14-15,17H,4,12-13,16H2,1-3H3,(H,28,30)/t17-,37?/m1/s1. The van der Waals surface area contributed by atoms with Crippen molar-refractivity contribution < 1.29 is 18.5 Å². The Morgan fingerprint density at radius 2 is 2.14 bits per heavy atom. The fraction of sp³-hybridized carbons (Fsp3) is 0.308. The van der Waals surface area contributed by atoms with Gasteiger partial charge in [0.2, 0.25) is 0 Å². The molecule has 37 heavy (non-hydrogen) atoms. The molecule has 0 saturated carbocycles. The van der Waals surface area contributed by atoms with E-state index in [1.54, 1.807) is 25.4 Å². The van der Waals surface area contributed by atoms with E-state index in [4.69, 9.17) is 14.5 Å². The van der Waals surface area contributed by atoms with Crippen LogP contribution in [0.3, 0.4) is 0 Å². The number of H-pyrrole nitrogens is 1. The quantitative estimate of drug-likeness (QED) is 0.407. The van der Waals surface area contributed by atoms with Crippen LogP contribution in [0.4, 0.5) is 10.6 Å². The normalized spacial score (nSPS) is 17.4. The number of nitrogens with one attached hydrogen (secondary N) is 1. The Morgan fingerprint density at radius 3 is 2.89 bits per heavy atom. The van der Waals surface area contributed by atoms with Crippen molar-refractivity contribution in [1.82, 2.24) is 20.2 Å². The Balaban J connectivity index is 1.72. The lowest BCUT2D eigenvalue weighted by atomic mass is 10.00. The van der Waals surface area contributed by atoms with Crippen molar-refractivity contribution in [1.29, 1.82) is 0 Å². The molecule has 1 saturated heterocycles.